The predicted molar refractivity (Wildman–Crippen MR) is 91.4 cm³/mol. The van der Waals surface area contributed by atoms with E-state index in [2.05, 4.69) is 20.4 Å². The number of hydrogen-bond donors (Lipinski definition) is 0. The fourth-order valence-electron chi connectivity index (χ4n) is 4.80. The van der Waals surface area contributed by atoms with E-state index in [1.54, 1.807) is 0 Å². The number of rotatable bonds is 7. The first-order valence-corrected chi connectivity index (χ1v) is 9.47. The van der Waals surface area contributed by atoms with Crippen molar-refractivity contribution in [2.45, 2.75) is 84.2 Å². The molecule has 1 unspecified atom stereocenters. The van der Waals surface area contributed by atoms with Crippen LogP contribution in [0.15, 0.2) is 12.7 Å². The summed E-state index contributed by atoms with van der Waals surface area (Å²) in [5.41, 5.74) is 0. The third-order valence-corrected chi connectivity index (χ3v) is 6.21. The molecule has 0 aliphatic heterocycles. The molecule has 2 aliphatic rings. The van der Waals surface area contributed by atoms with Crippen molar-refractivity contribution in [3.8, 4) is 0 Å². The van der Waals surface area contributed by atoms with Crippen LogP contribution < -0.4 is 0 Å². The molecule has 0 aromatic carbocycles. The summed E-state index contributed by atoms with van der Waals surface area (Å²) >= 11 is 0. The van der Waals surface area contributed by atoms with Gasteiger partial charge in [-0.15, -0.1) is 6.58 Å². The normalized spacial score (nSPS) is 35.3. The Bertz CT molecular complexity index is 282. The molecule has 21 heavy (non-hydrogen) atoms. The Morgan fingerprint density at radius 2 is 1.57 bits per heavy atom. The first kappa shape index (κ1) is 17.1. The van der Waals surface area contributed by atoms with E-state index in [0.717, 1.165) is 23.7 Å². The Hall–Kier alpha value is -0.300. The van der Waals surface area contributed by atoms with Gasteiger partial charge in [0.25, 0.3) is 0 Å². The molecule has 0 aromatic rings. The molecule has 0 saturated heterocycles. The minimum Gasteiger partial charge on any atom is -0.374 e. The SMILES string of the molecule is C=CCOC(C)[C@H]1CC[C@H](C2CCC(CCC)CC2)CC1. The van der Waals surface area contributed by atoms with Gasteiger partial charge in [-0.3, -0.25) is 0 Å². The molecule has 0 amide bonds. The van der Waals surface area contributed by atoms with Crippen molar-refractivity contribution in [1.29, 1.82) is 0 Å². The van der Waals surface area contributed by atoms with Crippen LogP contribution in [0.25, 0.3) is 0 Å². The van der Waals surface area contributed by atoms with Gasteiger partial charge in [-0.05, 0) is 69.1 Å². The highest BCUT2D eigenvalue weighted by atomic mass is 16.5. The van der Waals surface area contributed by atoms with Crippen molar-refractivity contribution in [3.63, 3.8) is 0 Å². The van der Waals surface area contributed by atoms with Gasteiger partial charge in [-0.2, -0.15) is 0 Å². The van der Waals surface area contributed by atoms with E-state index in [1.165, 1.54) is 64.2 Å². The Morgan fingerprint density at radius 1 is 1.00 bits per heavy atom. The number of ether oxygens (including phenoxy) is 1. The molecule has 2 saturated carbocycles. The third-order valence-electron chi connectivity index (χ3n) is 6.21. The fourth-order valence-corrected chi connectivity index (χ4v) is 4.80. The van der Waals surface area contributed by atoms with Crippen LogP contribution in [-0.4, -0.2) is 12.7 Å². The molecule has 2 rings (SSSR count). The molecule has 0 bridgehead atoms. The quantitative estimate of drug-likeness (QED) is 0.524. The van der Waals surface area contributed by atoms with E-state index >= 15 is 0 Å². The fraction of sp³-hybridized carbons (Fsp3) is 0.900. The van der Waals surface area contributed by atoms with Crippen LogP contribution >= 0.6 is 0 Å². The Balaban J connectivity index is 1.68. The summed E-state index contributed by atoms with van der Waals surface area (Å²) in [7, 11) is 0. The first-order valence-electron chi connectivity index (χ1n) is 9.47. The van der Waals surface area contributed by atoms with Crippen molar-refractivity contribution in [3.05, 3.63) is 12.7 Å². The summed E-state index contributed by atoms with van der Waals surface area (Å²) in [6, 6.07) is 0. The molecule has 0 N–H and O–H groups in total. The summed E-state index contributed by atoms with van der Waals surface area (Å²) in [4.78, 5) is 0. The van der Waals surface area contributed by atoms with Crippen molar-refractivity contribution in [2.75, 3.05) is 6.61 Å². The van der Waals surface area contributed by atoms with E-state index in [4.69, 9.17) is 4.74 Å². The van der Waals surface area contributed by atoms with E-state index < -0.39 is 0 Å². The van der Waals surface area contributed by atoms with Gasteiger partial charge in [0.1, 0.15) is 0 Å². The molecular weight excluding hydrogens is 256 g/mol. The van der Waals surface area contributed by atoms with Crippen LogP contribution in [0.2, 0.25) is 0 Å². The van der Waals surface area contributed by atoms with Gasteiger partial charge in [0, 0.05) is 0 Å². The average Bonchev–Trinajstić information content (AvgIpc) is 2.54. The van der Waals surface area contributed by atoms with Crippen LogP contribution in [0.3, 0.4) is 0 Å². The Kier molecular flexibility index (Phi) is 7.29. The molecule has 2 aliphatic carbocycles. The average molecular weight is 293 g/mol. The van der Waals surface area contributed by atoms with Crippen LogP contribution in [0.1, 0.15) is 78.1 Å². The van der Waals surface area contributed by atoms with Gasteiger partial charge >= 0.3 is 0 Å². The highest BCUT2D eigenvalue weighted by Crippen LogP contribution is 2.42. The molecule has 1 heteroatoms. The van der Waals surface area contributed by atoms with Gasteiger partial charge in [-0.25, -0.2) is 0 Å². The summed E-state index contributed by atoms with van der Waals surface area (Å²) in [5.74, 6) is 3.91. The molecular formula is C20H36O. The Morgan fingerprint density at radius 3 is 2.10 bits per heavy atom. The van der Waals surface area contributed by atoms with Gasteiger partial charge in [0.2, 0.25) is 0 Å². The molecule has 0 radical (unpaired) electrons. The topological polar surface area (TPSA) is 9.23 Å². The standard InChI is InChI=1S/C20H36O/c1-4-6-17-7-9-19(10-8-17)20-13-11-18(12-14-20)16(3)21-15-5-2/h5,16-20H,2,4,6-15H2,1,3H3/t16?,17?,18-,19?,20-. The first-order chi connectivity index (χ1) is 10.2. The maximum Gasteiger partial charge on any atom is 0.0648 e. The molecule has 1 atom stereocenters. The summed E-state index contributed by atoms with van der Waals surface area (Å²) in [6.07, 6.45) is 16.9. The van der Waals surface area contributed by atoms with Gasteiger partial charge in [0.05, 0.1) is 12.7 Å². The van der Waals surface area contributed by atoms with Crippen LogP contribution in [0.5, 0.6) is 0 Å². The largest absolute Gasteiger partial charge is 0.374 e. The second-order valence-electron chi connectivity index (χ2n) is 7.57. The van der Waals surface area contributed by atoms with Gasteiger partial charge in [-0.1, -0.05) is 38.7 Å². The lowest BCUT2D eigenvalue weighted by Gasteiger charge is -2.39. The van der Waals surface area contributed by atoms with Gasteiger partial charge in [0.15, 0.2) is 0 Å². The second kappa shape index (κ2) is 8.98. The molecule has 0 heterocycles. The van der Waals surface area contributed by atoms with Crippen LogP contribution in [0.4, 0.5) is 0 Å². The zero-order valence-corrected chi connectivity index (χ0v) is 14.4. The monoisotopic (exact) mass is 292 g/mol. The van der Waals surface area contributed by atoms with E-state index in [-0.39, 0.29) is 0 Å². The lowest BCUT2D eigenvalue weighted by Crippen LogP contribution is -2.30. The highest BCUT2D eigenvalue weighted by molar-refractivity contribution is 4.83. The van der Waals surface area contributed by atoms with E-state index in [1.807, 2.05) is 6.08 Å². The smallest absolute Gasteiger partial charge is 0.0648 e. The summed E-state index contributed by atoms with van der Waals surface area (Å²) in [6.45, 7) is 9.05. The van der Waals surface area contributed by atoms with Crippen molar-refractivity contribution < 1.29 is 4.74 Å². The van der Waals surface area contributed by atoms with Crippen LogP contribution in [0, 0.1) is 23.7 Å². The minimum absolute atomic E-state index is 0.421. The van der Waals surface area contributed by atoms with Crippen molar-refractivity contribution in [1.82, 2.24) is 0 Å². The molecule has 0 spiro atoms. The lowest BCUT2D eigenvalue weighted by atomic mass is 9.68. The molecule has 1 nitrogen and oxygen atoms in total. The minimum atomic E-state index is 0.421. The van der Waals surface area contributed by atoms with Gasteiger partial charge < -0.3 is 4.74 Å². The van der Waals surface area contributed by atoms with Crippen molar-refractivity contribution in [2.24, 2.45) is 23.7 Å². The highest BCUT2D eigenvalue weighted by Gasteiger charge is 2.32. The third kappa shape index (κ3) is 5.13. The maximum absolute atomic E-state index is 5.83. The lowest BCUT2D eigenvalue weighted by molar-refractivity contribution is 0.0154. The van der Waals surface area contributed by atoms with E-state index in [0.29, 0.717) is 12.7 Å². The molecule has 0 aromatic heterocycles. The van der Waals surface area contributed by atoms with Crippen LogP contribution in [-0.2, 0) is 4.74 Å². The summed E-state index contributed by atoms with van der Waals surface area (Å²) in [5, 5.41) is 0. The second-order valence-corrected chi connectivity index (χ2v) is 7.57. The molecule has 122 valence electrons. The van der Waals surface area contributed by atoms with E-state index in [9.17, 15) is 0 Å². The predicted octanol–water partition coefficient (Wildman–Crippen LogP) is 5.99. The Labute approximate surface area is 132 Å². The number of hydrogen-bond acceptors (Lipinski definition) is 1. The zero-order chi connectivity index (χ0) is 15.1. The molecule has 2 fully saturated rings. The summed E-state index contributed by atoms with van der Waals surface area (Å²) < 4.78 is 5.83. The maximum atomic E-state index is 5.83. The van der Waals surface area contributed by atoms with Crippen molar-refractivity contribution >= 4 is 0 Å². The zero-order valence-electron chi connectivity index (χ0n) is 14.4.